The lowest BCUT2D eigenvalue weighted by Gasteiger charge is -2.10. The molecule has 4 nitrogen and oxygen atoms in total. The Bertz CT molecular complexity index is 539. The molecular formula is C14H19N3OS. The van der Waals surface area contributed by atoms with Crippen molar-refractivity contribution in [3.05, 3.63) is 34.0 Å². The van der Waals surface area contributed by atoms with E-state index in [0.717, 1.165) is 18.8 Å². The molecule has 3 N–H and O–H groups in total. The van der Waals surface area contributed by atoms with E-state index < -0.39 is 0 Å². The topological polar surface area (TPSA) is 60.2 Å². The van der Waals surface area contributed by atoms with Gasteiger partial charge in [0, 0.05) is 6.54 Å². The molecule has 0 amide bonds. The first-order chi connectivity index (χ1) is 9.20. The summed E-state index contributed by atoms with van der Waals surface area (Å²) in [7, 11) is 0. The molecule has 2 aromatic rings. The first kappa shape index (κ1) is 13.7. The Kier molecular flexibility index (Phi) is 4.63. The third kappa shape index (κ3) is 3.61. The predicted molar refractivity (Wildman–Crippen MR) is 80.8 cm³/mol. The molecule has 0 aliphatic rings. The second-order valence-corrected chi connectivity index (χ2v) is 5.12. The zero-order valence-electron chi connectivity index (χ0n) is 11.3. The van der Waals surface area contributed by atoms with Gasteiger partial charge < -0.3 is 15.8 Å². The fraction of sp³-hybridized carbons (Fsp3) is 0.357. The number of nitrogens with one attached hydrogen (secondary N) is 1. The van der Waals surface area contributed by atoms with Crippen LogP contribution in [-0.2, 0) is 6.54 Å². The Morgan fingerprint density at radius 1 is 1.37 bits per heavy atom. The van der Waals surface area contributed by atoms with Gasteiger partial charge in [-0.3, -0.25) is 0 Å². The highest BCUT2D eigenvalue weighted by atomic mass is 32.1. The monoisotopic (exact) mass is 277 g/mol. The number of hydrogen-bond acceptors (Lipinski definition) is 5. The van der Waals surface area contributed by atoms with Crippen molar-refractivity contribution in [2.24, 2.45) is 0 Å². The highest BCUT2D eigenvalue weighted by molar-refractivity contribution is 7.08. The zero-order valence-corrected chi connectivity index (χ0v) is 12.1. The van der Waals surface area contributed by atoms with E-state index in [1.807, 2.05) is 12.1 Å². The van der Waals surface area contributed by atoms with Gasteiger partial charge in [0.25, 0.3) is 0 Å². The molecule has 0 unspecified atom stereocenters. The highest BCUT2D eigenvalue weighted by Crippen LogP contribution is 2.22. The SMILES string of the molecule is CCCOc1nc(NCc2cscc2C)ccc1N. The number of nitrogens with zero attached hydrogens (tertiary/aromatic N) is 1. The van der Waals surface area contributed by atoms with Crippen LogP contribution in [0.15, 0.2) is 22.9 Å². The summed E-state index contributed by atoms with van der Waals surface area (Å²) < 4.78 is 5.51. The number of aryl methyl sites for hydroxylation is 1. The number of anilines is 2. The second kappa shape index (κ2) is 6.43. The number of hydrogen-bond donors (Lipinski definition) is 2. The van der Waals surface area contributed by atoms with Gasteiger partial charge in [0.2, 0.25) is 5.88 Å². The summed E-state index contributed by atoms with van der Waals surface area (Å²) in [4.78, 5) is 4.38. The molecule has 0 aliphatic heterocycles. The van der Waals surface area contributed by atoms with Crippen LogP contribution in [0.5, 0.6) is 5.88 Å². The number of pyridine rings is 1. The van der Waals surface area contributed by atoms with Crippen molar-refractivity contribution in [2.75, 3.05) is 17.7 Å². The first-order valence-corrected chi connectivity index (χ1v) is 7.30. The molecule has 0 fully saturated rings. The van der Waals surface area contributed by atoms with Gasteiger partial charge in [-0.1, -0.05) is 6.92 Å². The molecule has 2 heterocycles. The number of nitrogen functional groups attached to an aromatic ring is 1. The van der Waals surface area contributed by atoms with E-state index in [1.165, 1.54) is 11.1 Å². The number of thiophene rings is 1. The summed E-state index contributed by atoms with van der Waals surface area (Å²) in [5.41, 5.74) is 9.00. The lowest BCUT2D eigenvalue weighted by atomic mass is 10.2. The second-order valence-electron chi connectivity index (χ2n) is 4.37. The predicted octanol–water partition coefficient (Wildman–Crippen LogP) is 3.43. The van der Waals surface area contributed by atoms with Crippen molar-refractivity contribution in [1.29, 1.82) is 0 Å². The number of nitrogens with two attached hydrogens (primary N) is 1. The molecule has 0 saturated heterocycles. The van der Waals surface area contributed by atoms with Crippen molar-refractivity contribution in [3.8, 4) is 5.88 Å². The summed E-state index contributed by atoms with van der Waals surface area (Å²) in [5.74, 6) is 1.29. The van der Waals surface area contributed by atoms with Gasteiger partial charge in [-0.25, -0.2) is 0 Å². The van der Waals surface area contributed by atoms with Crippen molar-refractivity contribution < 1.29 is 4.74 Å². The van der Waals surface area contributed by atoms with Crippen LogP contribution >= 0.6 is 11.3 Å². The minimum absolute atomic E-state index is 0.508. The molecule has 19 heavy (non-hydrogen) atoms. The van der Waals surface area contributed by atoms with Crippen molar-refractivity contribution >= 4 is 22.8 Å². The Balaban J connectivity index is 2.02. The smallest absolute Gasteiger partial charge is 0.239 e. The molecule has 0 radical (unpaired) electrons. The van der Waals surface area contributed by atoms with Gasteiger partial charge in [-0.15, -0.1) is 0 Å². The van der Waals surface area contributed by atoms with Crippen LogP contribution in [0.3, 0.4) is 0 Å². The van der Waals surface area contributed by atoms with Crippen LogP contribution < -0.4 is 15.8 Å². The van der Waals surface area contributed by atoms with E-state index in [9.17, 15) is 0 Å². The Morgan fingerprint density at radius 2 is 2.21 bits per heavy atom. The van der Waals surface area contributed by atoms with Gasteiger partial charge in [-0.05, 0) is 47.4 Å². The summed E-state index contributed by atoms with van der Waals surface area (Å²) in [6.07, 6.45) is 0.937. The summed E-state index contributed by atoms with van der Waals surface area (Å²) in [5, 5.41) is 7.58. The Morgan fingerprint density at radius 3 is 2.89 bits per heavy atom. The standard InChI is InChI=1S/C14H19N3OS/c1-3-6-18-14-12(15)4-5-13(17-14)16-7-11-9-19-8-10(11)2/h4-5,8-9H,3,6-7,15H2,1-2H3,(H,16,17). The van der Waals surface area contributed by atoms with Gasteiger partial charge in [0.15, 0.2) is 0 Å². The minimum atomic E-state index is 0.508. The van der Waals surface area contributed by atoms with Crippen LogP contribution in [-0.4, -0.2) is 11.6 Å². The normalized spacial score (nSPS) is 10.4. The van der Waals surface area contributed by atoms with Crippen molar-refractivity contribution in [3.63, 3.8) is 0 Å². The maximum Gasteiger partial charge on any atom is 0.239 e. The van der Waals surface area contributed by atoms with Gasteiger partial charge >= 0.3 is 0 Å². The van der Waals surface area contributed by atoms with Crippen molar-refractivity contribution in [1.82, 2.24) is 4.98 Å². The van der Waals surface area contributed by atoms with Crippen molar-refractivity contribution in [2.45, 2.75) is 26.8 Å². The molecule has 0 spiro atoms. The molecule has 2 aromatic heterocycles. The number of ether oxygens (including phenoxy) is 1. The average molecular weight is 277 g/mol. The molecule has 2 rings (SSSR count). The van der Waals surface area contributed by atoms with E-state index in [-0.39, 0.29) is 0 Å². The first-order valence-electron chi connectivity index (χ1n) is 6.35. The van der Waals surface area contributed by atoms with E-state index in [2.05, 4.69) is 34.9 Å². The summed E-state index contributed by atoms with van der Waals surface area (Å²) in [6, 6.07) is 3.69. The largest absolute Gasteiger partial charge is 0.476 e. The van der Waals surface area contributed by atoms with E-state index in [1.54, 1.807) is 11.3 Å². The Hall–Kier alpha value is -1.75. The zero-order chi connectivity index (χ0) is 13.7. The quantitative estimate of drug-likeness (QED) is 0.849. The van der Waals surface area contributed by atoms with Crippen LogP contribution in [0, 0.1) is 6.92 Å². The summed E-state index contributed by atoms with van der Waals surface area (Å²) >= 11 is 1.71. The van der Waals surface area contributed by atoms with E-state index in [4.69, 9.17) is 10.5 Å². The van der Waals surface area contributed by atoms with E-state index in [0.29, 0.717) is 18.2 Å². The number of rotatable bonds is 6. The van der Waals surface area contributed by atoms with Crippen LogP contribution in [0.2, 0.25) is 0 Å². The molecule has 0 saturated carbocycles. The summed E-state index contributed by atoms with van der Waals surface area (Å²) in [6.45, 7) is 5.56. The molecular weight excluding hydrogens is 258 g/mol. The fourth-order valence-electron chi connectivity index (χ4n) is 1.62. The van der Waals surface area contributed by atoms with E-state index >= 15 is 0 Å². The molecule has 0 aliphatic carbocycles. The molecule has 5 heteroatoms. The molecule has 0 atom stereocenters. The number of aromatic nitrogens is 1. The van der Waals surface area contributed by atoms with Gasteiger partial charge in [-0.2, -0.15) is 16.3 Å². The Labute approximate surface area is 117 Å². The van der Waals surface area contributed by atoms with Crippen LogP contribution in [0.4, 0.5) is 11.5 Å². The molecule has 0 bridgehead atoms. The van der Waals surface area contributed by atoms with Gasteiger partial charge in [0.05, 0.1) is 12.3 Å². The molecule has 102 valence electrons. The third-order valence-electron chi connectivity index (χ3n) is 2.75. The highest BCUT2D eigenvalue weighted by Gasteiger charge is 2.05. The average Bonchev–Trinajstić information content (AvgIpc) is 2.82. The third-order valence-corrected chi connectivity index (χ3v) is 3.66. The lowest BCUT2D eigenvalue weighted by molar-refractivity contribution is 0.307. The van der Waals surface area contributed by atoms with Crippen LogP contribution in [0.25, 0.3) is 0 Å². The minimum Gasteiger partial charge on any atom is -0.476 e. The van der Waals surface area contributed by atoms with Gasteiger partial charge in [0.1, 0.15) is 5.82 Å². The maximum absolute atomic E-state index is 5.83. The van der Waals surface area contributed by atoms with Crippen LogP contribution in [0.1, 0.15) is 24.5 Å². The maximum atomic E-state index is 5.83. The fourth-order valence-corrected chi connectivity index (χ4v) is 2.47. The molecule has 0 aromatic carbocycles. The lowest BCUT2D eigenvalue weighted by Crippen LogP contribution is -2.05.